The third-order valence-electron chi connectivity index (χ3n) is 7.66. The summed E-state index contributed by atoms with van der Waals surface area (Å²) in [6, 6.07) is 0. The van der Waals surface area contributed by atoms with Gasteiger partial charge in [-0.05, 0) is 50.4 Å². The average molecular weight is 364 g/mol. The summed E-state index contributed by atoms with van der Waals surface area (Å²) < 4.78 is 5.19. The van der Waals surface area contributed by atoms with Crippen molar-refractivity contribution in [2.45, 2.75) is 64.8 Å². The molecule has 6 heteroatoms. The maximum Gasteiger partial charge on any atom is 0.231 e. The Kier molecular flexibility index (Phi) is 4.53. The van der Waals surface area contributed by atoms with Crippen molar-refractivity contribution in [3.05, 3.63) is 11.6 Å². The molecule has 1 saturated carbocycles. The normalized spacial score (nSPS) is 46.2. The zero-order chi connectivity index (χ0) is 19.5. The Morgan fingerprint density at radius 1 is 1.46 bits per heavy atom. The van der Waals surface area contributed by atoms with Gasteiger partial charge in [0.25, 0.3) is 0 Å². The van der Waals surface area contributed by atoms with Gasteiger partial charge >= 0.3 is 0 Å². The van der Waals surface area contributed by atoms with Crippen molar-refractivity contribution < 1.29 is 29.3 Å². The van der Waals surface area contributed by atoms with Crippen LogP contribution in [-0.2, 0) is 19.1 Å². The van der Waals surface area contributed by atoms with Crippen LogP contribution in [0.1, 0.15) is 47.0 Å². The van der Waals surface area contributed by atoms with Gasteiger partial charge in [0.1, 0.15) is 6.10 Å². The molecular formula is C20H28O6. The van der Waals surface area contributed by atoms with Crippen LogP contribution in [0, 0.1) is 22.7 Å². The highest BCUT2D eigenvalue weighted by Gasteiger charge is 2.65. The lowest BCUT2D eigenvalue weighted by atomic mass is 9.45. The van der Waals surface area contributed by atoms with Crippen molar-refractivity contribution in [1.29, 1.82) is 0 Å². The summed E-state index contributed by atoms with van der Waals surface area (Å²) >= 11 is 0. The van der Waals surface area contributed by atoms with Gasteiger partial charge in [0.05, 0.1) is 18.1 Å². The fraction of sp³-hybridized carbons (Fsp3) is 0.750. The molecule has 26 heavy (non-hydrogen) atoms. The Morgan fingerprint density at radius 3 is 2.62 bits per heavy atom. The first kappa shape index (κ1) is 19.4. The number of fused-ring (bicyclic) bond motifs is 1. The first-order valence-electron chi connectivity index (χ1n) is 9.27. The van der Waals surface area contributed by atoms with Crippen LogP contribution >= 0.6 is 0 Å². The van der Waals surface area contributed by atoms with E-state index in [-0.39, 0.29) is 36.9 Å². The summed E-state index contributed by atoms with van der Waals surface area (Å²) in [6.45, 7) is 7.62. The van der Waals surface area contributed by atoms with Crippen molar-refractivity contribution in [1.82, 2.24) is 0 Å². The van der Waals surface area contributed by atoms with E-state index in [4.69, 9.17) is 4.74 Å². The van der Waals surface area contributed by atoms with Crippen LogP contribution in [0.25, 0.3) is 0 Å². The van der Waals surface area contributed by atoms with Crippen molar-refractivity contribution in [3.8, 4) is 0 Å². The second-order valence-electron chi connectivity index (χ2n) is 8.70. The van der Waals surface area contributed by atoms with Gasteiger partial charge in [-0.15, -0.1) is 0 Å². The Hall–Kier alpha value is -1.37. The summed E-state index contributed by atoms with van der Waals surface area (Å²) in [6.07, 6.45) is 1.76. The van der Waals surface area contributed by atoms with Crippen molar-refractivity contribution in [2.24, 2.45) is 22.7 Å². The second-order valence-corrected chi connectivity index (χ2v) is 8.70. The summed E-state index contributed by atoms with van der Waals surface area (Å²) in [7, 11) is 0. The van der Waals surface area contributed by atoms with Crippen LogP contribution < -0.4 is 0 Å². The molecule has 6 nitrogen and oxygen atoms in total. The highest BCUT2D eigenvalue weighted by molar-refractivity contribution is 6.30. The number of aliphatic hydroxyl groups excluding tert-OH is 2. The number of epoxide rings is 1. The molecule has 1 aliphatic heterocycles. The minimum absolute atomic E-state index is 0.0263. The molecule has 0 bridgehead atoms. The zero-order valence-corrected chi connectivity index (χ0v) is 15.8. The van der Waals surface area contributed by atoms with E-state index in [1.165, 1.54) is 0 Å². The van der Waals surface area contributed by atoms with Gasteiger partial charge in [-0.2, -0.15) is 0 Å². The lowest BCUT2D eigenvalue weighted by Crippen LogP contribution is -2.62. The molecule has 1 heterocycles. The molecule has 0 aromatic heterocycles. The fourth-order valence-corrected chi connectivity index (χ4v) is 5.40. The molecule has 2 N–H and O–H groups in total. The van der Waals surface area contributed by atoms with Gasteiger partial charge in [0, 0.05) is 0 Å². The van der Waals surface area contributed by atoms with Crippen molar-refractivity contribution in [2.75, 3.05) is 6.61 Å². The van der Waals surface area contributed by atoms with E-state index >= 15 is 0 Å². The van der Waals surface area contributed by atoms with Crippen LogP contribution in [0.3, 0.4) is 0 Å². The zero-order valence-electron chi connectivity index (χ0n) is 15.8. The number of rotatable bonds is 5. The number of aliphatic hydroxyl groups is 2. The highest BCUT2D eigenvalue weighted by atomic mass is 16.6. The largest absolute Gasteiger partial charge is 0.389 e. The number of hydrogen-bond donors (Lipinski definition) is 2. The molecule has 2 aliphatic carbocycles. The lowest BCUT2D eigenvalue weighted by Gasteiger charge is -2.58. The fourth-order valence-electron chi connectivity index (χ4n) is 5.40. The molecule has 144 valence electrons. The van der Waals surface area contributed by atoms with Gasteiger partial charge in [-0.25, -0.2) is 0 Å². The van der Waals surface area contributed by atoms with E-state index < -0.39 is 34.4 Å². The number of ether oxygens (including phenoxy) is 1. The van der Waals surface area contributed by atoms with Crippen LogP contribution in [0.15, 0.2) is 11.6 Å². The van der Waals surface area contributed by atoms with E-state index in [2.05, 4.69) is 6.08 Å². The van der Waals surface area contributed by atoms with Gasteiger partial charge < -0.3 is 14.9 Å². The van der Waals surface area contributed by atoms with Gasteiger partial charge in [-0.1, -0.05) is 25.5 Å². The predicted octanol–water partition coefficient (Wildman–Crippen LogP) is 1.22. The number of carbonyl (C=O) groups is 3. The van der Waals surface area contributed by atoms with Gasteiger partial charge in [0.15, 0.2) is 17.7 Å². The van der Waals surface area contributed by atoms with Crippen LogP contribution in [0.2, 0.25) is 0 Å². The van der Waals surface area contributed by atoms with E-state index in [9.17, 15) is 24.6 Å². The summed E-state index contributed by atoms with van der Waals surface area (Å²) in [5.41, 5.74) is -1.87. The quantitative estimate of drug-likeness (QED) is 0.329. The molecule has 7 atom stereocenters. The highest BCUT2D eigenvalue weighted by Crippen LogP contribution is 2.61. The number of hydrogen-bond acceptors (Lipinski definition) is 6. The maximum absolute atomic E-state index is 13.0. The number of Topliss-reactive ketones (excluding diaryl/α,β-unsaturated/α-hetero) is 2. The first-order valence-corrected chi connectivity index (χ1v) is 9.27. The number of allylic oxidation sites excluding steroid dienone is 2. The Balaban J connectivity index is 1.99. The van der Waals surface area contributed by atoms with Gasteiger partial charge in [-0.3, -0.25) is 14.4 Å². The molecule has 1 saturated heterocycles. The lowest BCUT2D eigenvalue weighted by molar-refractivity contribution is -0.169. The molecule has 0 amide bonds. The van der Waals surface area contributed by atoms with Gasteiger partial charge in [0.2, 0.25) is 5.78 Å². The topological polar surface area (TPSA) is 104 Å². The molecule has 3 aliphatic rings. The molecule has 2 fully saturated rings. The smallest absolute Gasteiger partial charge is 0.231 e. The summed E-state index contributed by atoms with van der Waals surface area (Å²) in [5, 5.41) is 21.5. The Bertz CT molecular complexity index is 678. The molecular weight excluding hydrogens is 336 g/mol. The molecule has 0 aromatic carbocycles. The van der Waals surface area contributed by atoms with Crippen molar-refractivity contribution in [3.63, 3.8) is 0 Å². The molecule has 0 radical (unpaired) electrons. The van der Waals surface area contributed by atoms with E-state index in [1.54, 1.807) is 0 Å². The summed E-state index contributed by atoms with van der Waals surface area (Å²) in [5.74, 6) is -1.37. The van der Waals surface area contributed by atoms with Crippen LogP contribution in [0.5, 0.6) is 0 Å². The summed E-state index contributed by atoms with van der Waals surface area (Å²) in [4.78, 5) is 35.8. The number of aldehydes is 1. The second kappa shape index (κ2) is 6.08. The van der Waals surface area contributed by atoms with E-state index in [0.29, 0.717) is 0 Å². The third-order valence-corrected chi connectivity index (χ3v) is 7.66. The van der Waals surface area contributed by atoms with E-state index in [1.807, 2.05) is 27.7 Å². The molecule has 0 spiro atoms. The minimum Gasteiger partial charge on any atom is -0.389 e. The van der Waals surface area contributed by atoms with E-state index in [0.717, 1.165) is 18.4 Å². The monoisotopic (exact) mass is 364 g/mol. The molecule has 0 unspecified atom stereocenters. The maximum atomic E-state index is 13.0. The first-order chi connectivity index (χ1) is 12.1. The Morgan fingerprint density at radius 2 is 2.08 bits per heavy atom. The SMILES string of the molecule is CC1=CCC[C@@H]2[C@]1(C)C(=O)[C@H](O)[C@@H](C)[C@]2(C)C[C@@H](O)[C@]1(C(=O)C=O)CO1. The number of ketones is 2. The van der Waals surface area contributed by atoms with Crippen molar-refractivity contribution >= 4 is 17.9 Å². The Labute approximate surface area is 153 Å². The third kappa shape index (κ3) is 2.38. The minimum atomic E-state index is -1.45. The van der Waals surface area contributed by atoms with Crippen LogP contribution in [0.4, 0.5) is 0 Å². The van der Waals surface area contributed by atoms with Crippen LogP contribution in [-0.4, -0.2) is 52.5 Å². The molecule has 0 aromatic rings. The average Bonchev–Trinajstić information content (AvgIpc) is 3.42. The predicted molar refractivity (Wildman–Crippen MR) is 93.3 cm³/mol. The standard InChI is InChI=1S/C20H28O6/c1-11-6-5-7-13-18(3,12(2)16(24)17(25)19(11,13)4)8-14(22)20(10-26-20)15(23)9-21/h6,9,12-14,16,22,24H,5,7-8,10H2,1-4H3/t12-,13+,14-,16-,18+,19-,20+/m1/s1. The number of carbonyl (C=O) groups excluding carboxylic acids is 3. The molecule has 3 rings (SSSR count).